The molecule has 0 saturated carbocycles. The Morgan fingerprint density at radius 1 is 1.36 bits per heavy atom. The van der Waals surface area contributed by atoms with Gasteiger partial charge in [-0.2, -0.15) is 0 Å². The number of carboxylic acids is 1. The summed E-state index contributed by atoms with van der Waals surface area (Å²) in [5.41, 5.74) is 0. The van der Waals surface area contributed by atoms with Crippen LogP contribution in [0.1, 0.15) is 19.8 Å². The Balaban J connectivity index is 0.00000441. The molecule has 0 aliphatic rings. The summed E-state index contributed by atoms with van der Waals surface area (Å²) in [7, 11) is -3.71. The predicted octanol–water partition coefficient (Wildman–Crippen LogP) is 0.978. The lowest BCUT2D eigenvalue weighted by Gasteiger charge is -2.13. The van der Waals surface area contributed by atoms with Crippen LogP contribution >= 0.6 is 12.4 Å². The molecule has 9 heteroatoms. The number of carbonyl (C=O) groups is 1. The van der Waals surface area contributed by atoms with Gasteiger partial charge in [-0.3, -0.25) is 4.79 Å². The summed E-state index contributed by atoms with van der Waals surface area (Å²) in [6.45, 7) is 2.58. The molecular formula is C13H21ClN2O5S. The van der Waals surface area contributed by atoms with E-state index in [0.29, 0.717) is 18.7 Å². The fourth-order valence-electron chi connectivity index (χ4n) is 1.73. The van der Waals surface area contributed by atoms with Gasteiger partial charge in [-0.1, -0.05) is 13.3 Å². The van der Waals surface area contributed by atoms with E-state index in [0.717, 1.165) is 6.42 Å². The van der Waals surface area contributed by atoms with Gasteiger partial charge in [0.25, 0.3) is 0 Å². The Labute approximate surface area is 136 Å². The van der Waals surface area contributed by atoms with Crippen LogP contribution in [0.5, 0.6) is 5.75 Å². The van der Waals surface area contributed by atoms with Crippen LogP contribution < -0.4 is 15.2 Å². The van der Waals surface area contributed by atoms with Gasteiger partial charge in [0, 0.05) is 6.54 Å². The maximum atomic E-state index is 11.1. The van der Waals surface area contributed by atoms with Crippen molar-refractivity contribution < 1.29 is 23.1 Å². The van der Waals surface area contributed by atoms with Crippen molar-refractivity contribution in [2.45, 2.75) is 30.7 Å². The van der Waals surface area contributed by atoms with Crippen molar-refractivity contribution in [3.8, 4) is 5.75 Å². The molecular weight excluding hydrogens is 332 g/mol. The third kappa shape index (κ3) is 7.08. The van der Waals surface area contributed by atoms with E-state index in [-0.39, 0.29) is 23.9 Å². The molecule has 1 unspecified atom stereocenters. The van der Waals surface area contributed by atoms with Crippen molar-refractivity contribution in [3.05, 3.63) is 24.3 Å². The number of sulfonamides is 1. The van der Waals surface area contributed by atoms with Gasteiger partial charge in [-0.05, 0) is 30.7 Å². The lowest BCUT2D eigenvalue weighted by atomic mass is 10.2. The highest BCUT2D eigenvalue weighted by Gasteiger charge is 2.14. The van der Waals surface area contributed by atoms with E-state index >= 15 is 0 Å². The van der Waals surface area contributed by atoms with Crippen molar-refractivity contribution in [1.82, 2.24) is 5.32 Å². The first-order chi connectivity index (χ1) is 9.84. The molecule has 4 N–H and O–H groups in total. The molecule has 1 aromatic rings. The maximum Gasteiger partial charge on any atom is 0.320 e. The molecule has 1 atom stereocenters. The molecule has 0 saturated heterocycles. The second kappa shape index (κ2) is 9.62. The number of rotatable bonds is 9. The second-order valence-electron chi connectivity index (χ2n) is 4.50. The fraction of sp³-hybridized carbons (Fsp3) is 0.462. The third-order valence-electron chi connectivity index (χ3n) is 2.79. The molecule has 7 nitrogen and oxygen atoms in total. The summed E-state index contributed by atoms with van der Waals surface area (Å²) in [5.74, 6) is -0.388. The van der Waals surface area contributed by atoms with Gasteiger partial charge in [0.1, 0.15) is 18.4 Å². The molecule has 0 aliphatic heterocycles. The molecule has 22 heavy (non-hydrogen) atoms. The average molecular weight is 353 g/mol. The van der Waals surface area contributed by atoms with Gasteiger partial charge in [-0.25, -0.2) is 13.6 Å². The zero-order chi connectivity index (χ0) is 15.9. The van der Waals surface area contributed by atoms with Gasteiger partial charge in [0.2, 0.25) is 10.0 Å². The first-order valence-electron chi connectivity index (χ1n) is 6.56. The molecule has 1 rings (SSSR count). The lowest BCUT2D eigenvalue weighted by molar-refractivity contribution is -0.139. The average Bonchev–Trinajstić information content (AvgIpc) is 2.41. The zero-order valence-corrected chi connectivity index (χ0v) is 13.8. The number of carboxylic acid groups (broad SMARTS) is 1. The Morgan fingerprint density at radius 2 is 1.95 bits per heavy atom. The van der Waals surface area contributed by atoms with Crippen LogP contribution in [0.3, 0.4) is 0 Å². The molecule has 0 radical (unpaired) electrons. The fourth-order valence-corrected chi connectivity index (χ4v) is 2.24. The molecule has 0 fully saturated rings. The topological polar surface area (TPSA) is 119 Å². The molecule has 126 valence electrons. The van der Waals surface area contributed by atoms with E-state index in [4.69, 9.17) is 15.0 Å². The van der Waals surface area contributed by atoms with E-state index in [1.807, 2.05) is 6.92 Å². The monoisotopic (exact) mass is 352 g/mol. The molecule has 0 aliphatic carbocycles. The van der Waals surface area contributed by atoms with Gasteiger partial charge in [0.05, 0.1) is 4.90 Å². The van der Waals surface area contributed by atoms with Gasteiger partial charge in [-0.15, -0.1) is 12.4 Å². The van der Waals surface area contributed by atoms with E-state index in [1.54, 1.807) is 0 Å². The molecule has 0 bridgehead atoms. The summed E-state index contributed by atoms with van der Waals surface area (Å²) in [6.07, 6.45) is 1.33. The number of benzene rings is 1. The van der Waals surface area contributed by atoms with E-state index in [2.05, 4.69) is 5.32 Å². The van der Waals surface area contributed by atoms with E-state index in [9.17, 15) is 13.2 Å². The van der Waals surface area contributed by atoms with Crippen LogP contribution in [0.2, 0.25) is 0 Å². The normalized spacial score (nSPS) is 12.3. The van der Waals surface area contributed by atoms with Crippen molar-refractivity contribution >= 4 is 28.4 Å². The number of nitrogens with two attached hydrogens (primary N) is 1. The Kier molecular flexibility index (Phi) is 9.03. The highest BCUT2D eigenvalue weighted by molar-refractivity contribution is 7.89. The standard InChI is InChI=1S/C13H20N2O5S.ClH/c1-2-3-12(13(16)17)15-8-9-20-10-4-6-11(7-5-10)21(14,18)19;/h4-7,12,15H,2-3,8-9H2,1H3,(H,16,17)(H2,14,18,19);1H. The van der Waals surface area contributed by atoms with Crippen LogP contribution in [0.15, 0.2) is 29.2 Å². The quantitative estimate of drug-likeness (QED) is 0.570. The Hall–Kier alpha value is -1.35. The van der Waals surface area contributed by atoms with Crippen LogP contribution in [-0.4, -0.2) is 38.7 Å². The predicted molar refractivity (Wildman–Crippen MR) is 84.9 cm³/mol. The van der Waals surface area contributed by atoms with Crippen molar-refractivity contribution in [2.75, 3.05) is 13.2 Å². The number of hydrogen-bond donors (Lipinski definition) is 3. The van der Waals surface area contributed by atoms with E-state index in [1.165, 1.54) is 24.3 Å². The van der Waals surface area contributed by atoms with Crippen LogP contribution in [-0.2, 0) is 14.8 Å². The largest absolute Gasteiger partial charge is 0.492 e. The van der Waals surface area contributed by atoms with Gasteiger partial charge < -0.3 is 15.2 Å². The number of hydrogen-bond acceptors (Lipinski definition) is 5. The van der Waals surface area contributed by atoms with Crippen molar-refractivity contribution in [2.24, 2.45) is 5.14 Å². The number of ether oxygens (including phenoxy) is 1. The highest BCUT2D eigenvalue weighted by Crippen LogP contribution is 2.14. The zero-order valence-electron chi connectivity index (χ0n) is 12.2. The maximum absolute atomic E-state index is 11.1. The Bertz CT molecular complexity index is 562. The first kappa shape index (κ1) is 20.6. The number of primary sulfonamides is 1. The summed E-state index contributed by atoms with van der Waals surface area (Å²) < 4.78 is 27.5. The Morgan fingerprint density at radius 3 is 2.41 bits per heavy atom. The summed E-state index contributed by atoms with van der Waals surface area (Å²) in [6, 6.07) is 5.13. The minimum Gasteiger partial charge on any atom is -0.492 e. The molecule has 0 spiro atoms. The summed E-state index contributed by atoms with van der Waals surface area (Å²) in [5, 5.41) is 16.8. The lowest BCUT2D eigenvalue weighted by Crippen LogP contribution is -2.38. The van der Waals surface area contributed by atoms with Gasteiger partial charge in [0.15, 0.2) is 0 Å². The third-order valence-corrected chi connectivity index (χ3v) is 3.72. The van der Waals surface area contributed by atoms with Crippen LogP contribution in [0.4, 0.5) is 0 Å². The number of aliphatic carboxylic acids is 1. The first-order valence-corrected chi connectivity index (χ1v) is 8.11. The van der Waals surface area contributed by atoms with Crippen molar-refractivity contribution in [1.29, 1.82) is 0 Å². The highest BCUT2D eigenvalue weighted by atomic mass is 35.5. The van der Waals surface area contributed by atoms with Crippen LogP contribution in [0, 0.1) is 0 Å². The molecule has 0 amide bonds. The SMILES string of the molecule is CCCC(NCCOc1ccc(S(N)(=O)=O)cc1)C(=O)O.Cl. The minimum atomic E-state index is -3.71. The van der Waals surface area contributed by atoms with Gasteiger partial charge >= 0.3 is 5.97 Å². The number of nitrogens with one attached hydrogen (secondary N) is 1. The number of halogens is 1. The summed E-state index contributed by atoms with van der Waals surface area (Å²) >= 11 is 0. The van der Waals surface area contributed by atoms with E-state index < -0.39 is 22.0 Å². The van der Waals surface area contributed by atoms with Crippen molar-refractivity contribution in [3.63, 3.8) is 0 Å². The molecule has 0 aromatic heterocycles. The van der Waals surface area contributed by atoms with Crippen LogP contribution in [0.25, 0.3) is 0 Å². The smallest absolute Gasteiger partial charge is 0.320 e. The second-order valence-corrected chi connectivity index (χ2v) is 6.06. The minimum absolute atomic E-state index is 0. The molecule has 0 heterocycles. The summed E-state index contributed by atoms with van der Waals surface area (Å²) in [4.78, 5) is 10.9. The molecule has 1 aromatic carbocycles.